The number of hydrogen-bond acceptors (Lipinski definition) is 2. The molecule has 0 radical (unpaired) electrons. The number of methoxy groups -OCH3 is 1. The van der Waals surface area contributed by atoms with Gasteiger partial charge in [-0.25, -0.2) is 4.39 Å². The van der Waals surface area contributed by atoms with Crippen LogP contribution in [0.25, 0.3) is 0 Å². The van der Waals surface area contributed by atoms with Crippen molar-refractivity contribution in [1.82, 2.24) is 0 Å². The second kappa shape index (κ2) is 4.53. The topological polar surface area (TPSA) is 18.5 Å². The molecule has 2 nitrogen and oxygen atoms in total. The molecule has 13 heavy (non-hydrogen) atoms. The van der Waals surface area contributed by atoms with Gasteiger partial charge in [0.2, 0.25) is 5.82 Å². The van der Waals surface area contributed by atoms with Crippen molar-refractivity contribution in [3.8, 4) is 5.75 Å². The highest BCUT2D eigenvalue weighted by atomic mass is 79.9. The molecule has 72 valence electrons. The Hall–Kier alpha value is -0.680. The van der Waals surface area contributed by atoms with Gasteiger partial charge < -0.3 is 9.47 Å². The average Bonchev–Trinajstić information content (AvgIpc) is 2.09. The molecule has 0 fully saturated rings. The SMILES string of the molecule is COCOc1cc(Br)cc(F)c1F. The van der Waals surface area contributed by atoms with Crippen LogP contribution < -0.4 is 4.74 Å². The molecule has 0 unspecified atom stereocenters. The van der Waals surface area contributed by atoms with Crippen LogP contribution in [0.3, 0.4) is 0 Å². The van der Waals surface area contributed by atoms with Crippen LogP contribution in [-0.2, 0) is 4.74 Å². The van der Waals surface area contributed by atoms with E-state index in [0.29, 0.717) is 4.47 Å². The summed E-state index contributed by atoms with van der Waals surface area (Å²) in [5.74, 6) is -2.14. The molecule has 0 bridgehead atoms. The Morgan fingerprint density at radius 2 is 2.08 bits per heavy atom. The van der Waals surface area contributed by atoms with E-state index >= 15 is 0 Å². The summed E-state index contributed by atoms with van der Waals surface area (Å²) in [5, 5.41) is 0. The Balaban J connectivity index is 2.92. The highest BCUT2D eigenvalue weighted by molar-refractivity contribution is 9.10. The van der Waals surface area contributed by atoms with Gasteiger partial charge in [0.1, 0.15) is 0 Å². The summed E-state index contributed by atoms with van der Waals surface area (Å²) in [5.41, 5.74) is 0. The lowest BCUT2D eigenvalue weighted by Crippen LogP contribution is -2.01. The fraction of sp³-hybridized carbons (Fsp3) is 0.250. The maximum atomic E-state index is 12.9. The molecule has 1 rings (SSSR count). The quantitative estimate of drug-likeness (QED) is 0.609. The van der Waals surface area contributed by atoms with Gasteiger partial charge >= 0.3 is 0 Å². The third-order valence-corrected chi connectivity index (χ3v) is 1.75. The van der Waals surface area contributed by atoms with E-state index in [1.54, 1.807) is 0 Å². The molecule has 0 heterocycles. The van der Waals surface area contributed by atoms with E-state index in [9.17, 15) is 8.78 Å². The fourth-order valence-corrected chi connectivity index (χ4v) is 1.17. The van der Waals surface area contributed by atoms with E-state index in [4.69, 9.17) is 4.74 Å². The van der Waals surface area contributed by atoms with Crippen molar-refractivity contribution in [2.45, 2.75) is 0 Å². The van der Waals surface area contributed by atoms with Crippen LogP contribution in [0, 0.1) is 11.6 Å². The third-order valence-electron chi connectivity index (χ3n) is 1.29. The van der Waals surface area contributed by atoms with Gasteiger partial charge in [0.25, 0.3) is 0 Å². The normalized spacial score (nSPS) is 10.2. The van der Waals surface area contributed by atoms with Crippen LogP contribution in [0.2, 0.25) is 0 Å². The molecule has 0 amide bonds. The summed E-state index contributed by atoms with van der Waals surface area (Å²) in [6.07, 6.45) is 0. The lowest BCUT2D eigenvalue weighted by molar-refractivity contribution is 0.0477. The van der Waals surface area contributed by atoms with E-state index in [2.05, 4.69) is 20.7 Å². The lowest BCUT2D eigenvalue weighted by Gasteiger charge is -2.06. The Bertz CT molecular complexity index is 304. The minimum Gasteiger partial charge on any atom is -0.464 e. The minimum absolute atomic E-state index is 0.118. The lowest BCUT2D eigenvalue weighted by atomic mass is 10.3. The molecular formula is C8H7BrF2O2. The summed E-state index contributed by atoms with van der Waals surface area (Å²) in [4.78, 5) is 0. The van der Waals surface area contributed by atoms with E-state index in [1.165, 1.54) is 13.2 Å². The summed E-state index contributed by atoms with van der Waals surface area (Å²) in [7, 11) is 1.40. The van der Waals surface area contributed by atoms with Gasteiger partial charge in [-0.15, -0.1) is 0 Å². The zero-order valence-electron chi connectivity index (χ0n) is 6.81. The van der Waals surface area contributed by atoms with E-state index in [1.807, 2.05) is 0 Å². The first-order chi connectivity index (χ1) is 6.15. The second-order valence-electron chi connectivity index (χ2n) is 2.25. The van der Waals surface area contributed by atoms with Crippen LogP contribution in [0.1, 0.15) is 0 Å². The van der Waals surface area contributed by atoms with Gasteiger partial charge in [-0.2, -0.15) is 4.39 Å². The Kier molecular flexibility index (Phi) is 3.62. The standard InChI is InChI=1S/C8H7BrF2O2/c1-12-4-13-7-3-5(9)2-6(10)8(7)11/h2-3H,4H2,1H3. The molecule has 0 N–H and O–H groups in total. The highest BCUT2D eigenvalue weighted by Crippen LogP contribution is 2.25. The predicted molar refractivity (Wildman–Crippen MR) is 46.6 cm³/mol. The largest absolute Gasteiger partial charge is 0.464 e. The van der Waals surface area contributed by atoms with Crippen LogP contribution in [0.5, 0.6) is 5.75 Å². The Morgan fingerprint density at radius 3 is 2.69 bits per heavy atom. The molecule has 5 heteroatoms. The highest BCUT2D eigenvalue weighted by Gasteiger charge is 2.10. The van der Waals surface area contributed by atoms with Gasteiger partial charge in [-0.3, -0.25) is 0 Å². The molecular weight excluding hydrogens is 246 g/mol. The number of rotatable bonds is 3. The minimum atomic E-state index is -1.01. The number of halogens is 3. The number of benzene rings is 1. The molecule has 0 atom stereocenters. The average molecular weight is 253 g/mol. The van der Waals surface area contributed by atoms with Gasteiger partial charge in [0, 0.05) is 11.6 Å². The molecule has 0 aliphatic carbocycles. The van der Waals surface area contributed by atoms with Crippen molar-refractivity contribution in [3.63, 3.8) is 0 Å². The first kappa shape index (κ1) is 10.4. The zero-order valence-corrected chi connectivity index (χ0v) is 8.40. The van der Waals surface area contributed by atoms with Crippen molar-refractivity contribution >= 4 is 15.9 Å². The van der Waals surface area contributed by atoms with Crippen LogP contribution in [0.4, 0.5) is 8.78 Å². The van der Waals surface area contributed by atoms with Crippen molar-refractivity contribution in [2.24, 2.45) is 0 Å². The van der Waals surface area contributed by atoms with Crippen LogP contribution in [0.15, 0.2) is 16.6 Å². The number of ether oxygens (including phenoxy) is 2. The van der Waals surface area contributed by atoms with Gasteiger partial charge in [-0.1, -0.05) is 15.9 Å². The van der Waals surface area contributed by atoms with Gasteiger partial charge in [0.15, 0.2) is 18.4 Å². The molecule has 0 aliphatic rings. The summed E-state index contributed by atoms with van der Waals surface area (Å²) in [6, 6.07) is 2.35. The second-order valence-corrected chi connectivity index (χ2v) is 3.17. The fourth-order valence-electron chi connectivity index (χ4n) is 0.760. The number of hydrogen-bond donors (Lipinski definition) is 0. The predicted octanol–water partition coefficient (Wildman–Crippen LogP) is 2.71. The molecule has 0 saturated carbocycles. The van der Waals surface area contributed by atoms with Gasteiger partial charge in [0.05, 0.1) is 0 Å². The van der Waals surface area contributed by atoms with Crippen LogP contribution >= 0.6 is 15.9 Å². The summed E-state index contributed by atoms with van der Waals surface area (Å²) >= 11 is 3.01. The molecule has 1 aromatic rings. The molecule has 0 aliphatic heterocycles. The Labute approximate surface area is 82.6 Å². The molecule has 0 saturated heterocycles. The zero-order chi connectivity index (χ0) is 9.84. The monoisotopic (exact) mass is 252 g/mol. The Morgan fingerprint density at radius 1 is 1.38 bits per heavy atom. The van der Waals surface area contributed by atoms with E-state index < -0.39 is 11.6 Å². The first-order valence-electron chi connectivity index (χ1n) is 3.41. The van der Waals surface area contributed by atoms with Crippen molar-refractivity contribution in [3.05, 3.63) is 28.2 Å². The maximum Gasteiger partial charge on any atom is 0.200 e. The molecule has 0 spiro atoms. The van der Waals surface area contributed by atoms with E-state index in [-0.39, 0.29) is 12.5 Å². The summed E-state index contributed by atoms with van der Waals surface area (Å²) < 4.78 is 35.4. The van der Waals surface area contributed by atoms with Crippen LogP contribution in [-0.4, -0.2) is 13.9 Å². The molecule has 0 aromatic heterocycles. The molecule has 1 aromatic carbocycles. The van der Waals surface area contributed by atoms with Crippen molar-refractivity contribution in [1.29, 1.82) is 0 Å². The smallest absolute Gasteiger partial charge is 0.200 e. The summed E-state index contributed by atoms with van der Waals surface area (Å²) in [6.45, 7) is -0.118. The van der Waals surface area contributed by atoms with Gasteiger partial charge in [-0.05, 0) is 12.1 Å². The van der Waals surface area contributed by atoms with Crippen molar-refractivity contribution in [2.75, 3.05) is 13.9 Å². The first-order valence-corrected chi connectivity index (χ1v) is 4.20. The maximum absolute atomic E-state index is 12.9. The van der Waals surface area contributed by atoms with Crippen molar-refractivity contribution < 1.29 is 18.3 Å². The third kappa shape index (κ3) is 2.63. The van der Waals surface area contributed by atoms with E-state index in [0.717, 1.165) is 6.07 Å².